The summed E-state index contributed by atoms with van der Waals surface area (Å²) in [5, 5.41) is 3.21. The summed E-state index contributed by atoms with van der Waals surface area (Å²) in [4.78, 5) is 0. The first-order valence-corrected chi connectivity index (χ1v) is 5.11. The van der Waals surface area contributed by atoms with E-state index in [1.54, 1.807) is 12.1 Å². The summed E-state index contributed by atoms with van der Waals surface area (Å²) in [7, 11) is 1.94. The first-order valence-electron chi connectivity index (χ1n) is 5.11. The van der Waals surface area contributed by atoms with Crippen molar-refractivity contribution in [1.82, 2.24) is 5.32 Å². The molecule has 1 rings (SSSR count). The van der Waals surface area contributed by atoms with Gasteiger partial charge in [0.05, 0.1) is 0 Å². The zero-order valence-electron chi connectivity index (χ0n) is 9.05. The minimum Gasteiger partial charge on any atom is -0.317 e. The minimum absolute atomic E-state index is 0.149. The lowest BCUT2D eigenvalue weighted by Gasteiger charge is -2.22. The summed E-state index contributed by atoms with van der Waals surface area (Å²) < 4.78 is 13.0. The molecule has 2 heteroatoms. The maximum atomic E-state index is 13.0. The number of nitrogens with one attached hydrogen (secondary N) is 1. The van der Waals surface area contributed by atoms with E-state index in [0.29, 0.717) is 12.0 Å². The molecule has 78 valence electrons. The van der Waals surface area contributed by atoms with Gasteiger partial charge in [-0.05, 0) is 44.0 Å². The van der Waals surface area contributed by atoms with Crippen LogP contribution < -0.4 is 5.32 Å². The molecule has 0 aromatic heterocycles. The molecule has 1 aromatic carbocycles. The lowest BCUT2D eigenvalue weighted by Crippen LogP contribution is -2.28. The van der Waals surface area contributed by atoms with Gasteiger partial charge in [-0.3, -0.25) is 0 Å². The van der Waals surface area contributed by atoms with Crippen molar-refractivity contribution in [2.24, 2.45) is 0 Å². The summed E-state index contributed by atoms with van der Waals surface area (Å²) in [6.45, 7) is 4.25. The molecular formula is C12H18FN. The van der Waals surface area contributed by atoms with E-state index < -0.39 is 0 Å². The molecule has 0 aliphatic rings. The van der Waals surface area contributed by atoms with Crippen LogP contribution in [0, 0.1) is 5.82 Å². The molecule has 0 heterocycles. The third-order valence-electron chi connectivity index (χ3n) is 2.78. The maximum Gasteiger partial charge on any atom is 0.123 e. The Labute approximate surface area is 85.3 Å². The van der Waals surface area contributed by atoms with Crippen molar-refractivity contribution in [1.29, 1.82) is 0 Å². The number of hydrogen-bond acceptors (Lipinski definition) is 1. The average Bonchev–Trinajstić information content (AvgIpc) is 2.19. The van der Waals surface area contributed by atoms with Crippen molar-refractivity contribution in [3.05, 3.63) is 35.6 Å². The molecule has 0 bridgehead atoms. The van der Waals surface area contributed by atoms with Crippen molar-refractivity contribution in [3.63, 3.8) is 0 Å². The molecule has 0 saturated heterocycles. The Bertz CT molecular complexity index is 285. The van der Waals surface area contributed by atoms with E-state index in [1.807, 2.05) is 13.1 Å². The van der Waals surface area contributed by atoms with E-state index in [0.717, 1.165) is 12.0 Å². The van der Waals surface area contributed by atoms with E-state index in [-0.39, 0.29) is 5.82 Å². The second-order valence-electron chi connectivity index (χ2n) is 3.65. The standard InChI is InChI=1S/C12H18FN/c1-4-12(9(2)14-3)10-6-5-7-11(13)8-10/h5-9,12,14H,4H2,1-3H3. The third-order valence-corrected chi connectivity index (χ3v) is 2.78. The minimum atomic E-state index is -0.149. The van der Waals surface area contributed by atoms with Crippen molar-refractivity contribution >= 4 is 0 Å². The fraction of sp³-hybridized carbons (Fsp3) is 0.500. The monoisotopic (exact) mass is 195 g/mol. The smallest absolute Gasteiger partial charge is 0.123 e. The number of rotatable bonds is 4. The Morgan fingerprint density at radius 1 is 1.43 bits per heavy atom. The van der Waals surface area contributed by atoms with E-state index in [9.17, 15) is 4.39 Å². The molecule has 0 radical (unpaired) electrons. The molecule has 2 unspecified atom stereocenters. The molecule has 0 amide bonds. The molecular weight excluding hydrogens is 177 g/mol. The van der Waals surface area contributed by atoms with Gasteiger partial charge in [-0.1, -0.05) is 19.1 Å². The van der Waals surface area contributed by atoms with E-state index in [1.165, 1.54) is 6.07 Å². The van der Waals surface area contributed by atoms with Crippen LogP contribution in [0.5, 0.6) is 0 Å². The second kappa shape index (κ2) is 5.11. The van der Waals surface area contributed by atoms with Crippen molar-refractivity contribution in [3.8, 4) is 0 Å². The Hall–Kier alpha value is -0.890. The van der Waals surface area contributed by atoms with Crippen LogP contribution in [0.2, 0.25) is 0 Å². The van der Waals surface area contributed by atoms with Crippen LogP contribution in [-0.2, 0) is 0 Å². The summed E-state index contributed by atoms with van der Waals surface area (Å²) >= 11 is 0. The van der Waals surface area contributed by atoms with Crippen molar-refractivity contribution < 1.29 is 4.39 Å². The first kappa shape index (κ1) is 11.2. The molecule has 1 aromatic rings. The molecule has 2 atom stereocenters. The summed E-state index contributed by atoms with van der Waals surface area (Å²) in [6, 6.07) is 7.25. The number of halogens is 1. The van der Waals surface area contributed by atoms with Gasteiger partial charge < -0.3 is 5.32 Å². The summed E-state index contributed by atoms with van der Waals surface area (Å²) in [5.41, 5.74) is 1.08. The number of benzene rings is 1. The Morgan fingerprint density at radius 2 is 2.14 bits per heavy atom. The maximum absolute atomic E-state index is 13.0. The van der Waals surface area contributed by atoms with Crippen LogP contribution in [0.3, 0.4) is 0 Å². The van der Waals surface area contributed by atoms with Gasteiger partial charge in [-0.15, -0.1) is 0 Å². The number of hydrogen-bond donors (Lipinski definition) is 1. The van der Waals surface area contributed by atoms with Gasteiger partial charge in [0.15, 0.2) is 0 Å². The molecule has 0 spiro atoms. The van der Waals surface area contributed by atoms with Crippen molar-refractivity contribution in [2.75, 3.05) is 7.05 Å². The first-order chi connectivity index (χ1) is 6.69. The molecule has 14 heavy (non-hydrogen) atoms. The van der Waals surface area contributed by atoms with Gasteiger partial charge in [0.25, 0.3) is 0 Å². The highest BCUT2D eigenvalue weighted by atomic mass is 19.1. The van der Waals surface area contributed by atoms with Crippen molar-refractivity contribution in [2.45, 2.75) is 32.2 Å². The molecule has 0 fully saturated rings. The largest absolute Gasteiger partial charge is 0.317 e. The second-order valence-corrected chi connectivity index (χ2v) is 3.65. The van der Waals surface area contributed by atoms with Gasteiger partial charge in [-0.25, -0.2) is 4.39 Å². The molecule has 0 saturated carbocycles. The van der Waals surface area contributed by atoms with Crippen LogP contribution in [0.15, 0.2) is 24.3 Å². The summed E-state index contributed by atoms with van der Waals surface area (Å²) in [5.74, 6) is 0.236. The van der Waals surface area contributed by atoms with E-state index >= 15 is 0 Å². The van der Waals surface area contributed by atoms with Crippen LogP contribution in [0.25, 0.3) is 0 Å². The highest BCUT2D eigenvalue weighted by Gasteiger charge is 2.15. The van der Waals surface area contributed by atoms with Crippen LogP contribution in [0.4, 0.5) is 4.39 Å². The van der Waals surface area contributed by atoms with Crippen LogP contribution in [0.1, 0.15) is 31.7 Å². The predicted octanol–water partition coefficient (Wildman–Crippen LogP) is 2.93. The lowest BCUT2D eigenvalue weighted by atomic mass is 9.90. The predicted molar refractivity (Wildman–Crippen MR) is 58.0 cm³/mol. The molecule has 0 aliphatic carbocycles. The van der Waals surface area contributed by atoms with Gasteiger partial charge in [-0.2, -0.15) is 0 Å². The highest BCUT2D eigenvalue weighted by molar-refractivity contribution is 5.22. The Kier molecular flexibility index (Phi) is 4.08. The van der Waals surface area contributed by atoms with Crippen LogP contribution >= 0.6 is 0 Å². The molecule has 1 nitrogen and oxygen atoms in total. The third kappa shape index (κ3) is 2.55. The highest BCUT2D eigenvalue weighted by Crippen LogP contribution is 2.23. The lowest BCUT2D eigenvalue weighted by molar-refractivity contribution is 0.480. The fourth-order valence-electron chi connectivity index (χ4n) is 1.82. The zero-order valence-corrected chi connectivity index (χ0v) is 9.05. The SMILES string of the molecule is CCC(c1cccc(F)c1)C(C)NC. The van der Waals surface area contributed by atoms with Gasteiger partial charge in [0.1, 0.15) is 5.82 Å². The van der Waals surface area contributed by atoms with Gasteiger partial charge in [0, 0.05) is 6.04 Å². The fourth-order valence-corrected chi connectivity index (χ4v) is 1.82. The topological polar surface area (TPSA) is 12.0 Å². The van der Waals surface area contributed by atoms with E-state index in [2.05, 4.69) is 19.2 Å². The summed E-state index contributed by atoms with van der Waals surface area (Å²) in [6.07, 6.45) is 1.02. The van der Waals surface area contributed by atoms with Crippen LogP contribution in [-0.4, -0.2) is 13.1 Å². The zero-order chi connectivity index (χ0) is 10.6. The molecule has 0 aliphatic heterocycles. The Morgan fingerprint density at radius 3 is 2.64 bits per heavy atom. The quantitative estimate of drug-likeness (QED) is 0.779. The van der Waals surface area contributed by atoms with Gasteiger partial charge in [0.2, 0.25) is 0 Å². The molecule has 1 N–H and O–H groups in total. The van der Waals surface area contributed by atoms with Gasteiger partial charge >= 0.3 is 0 Å². The Balaban J connectivity index is 2.89. The number of likely N-dealkylation sites (N-methyl/N-ethyl adjacent to an activating group) is 1. The average molecular weight is 195 g/mol. The normalized spacial score (nSPS) is 15.1. The van der Waals surface area contributed by atoms with E-state index in [4.69, 9.17) is 0 Å².